The first-order valence-electron chi connectivity index (χ1n) is 7.43. The Morgan fingerprint density at radius 3 is 2.50 bits per heavy atom. The number of benzene rings is 1. The molecule has 0 radical (unpaired) electrons. The molecule has 1 aromatic carbocycles. The van der Waals surface area contributed by atoms with Crippen LogP contribution in [-0.4, -0.2) is 30.6 Å². The van der Waals surface area contributed by atoms with Gasteiger partial charge in [0.1, 0.15) is 0 Å². The summed E-state index contributed by atoms with van der Waals surface area (Å²) in [6.45, 7) is 5.92. The zero-order valence-electron chi connectivity index (χ0n) is 11.6. The van der Waals surface area contributed by atoms with Crippen LogP contribution in [0.3, 0.4) is 0 Å². The molecule has 1 saturated carbocycles. The summed E-state index contributed by atoms with van der Waals surface area (Å²) in [5, 5.41) is 3.49. The third-order valence-corrected chi connectivity index (χ3v) is 3.59. The third kappa shape index (κ3) is 4.69. The van der Waals surface area contributed by atoms with Crippen molar-refractivity contribution in [1.82, 2.24) is 4.90 Å². The van der Waals surface area contributed by atoms with Crippen LogP contribution in [0, 0.1) is 0 Å². The molecule has 2 nitrogen and oxygen atoms in total. The smallest absolute Gasteiger partial charge is 0.0340 e. The number of unbranched alkanes of at least 4 members (excludes halogenated alkanes) is 1. The first-order chi connectivity index (χ1) is 8.90. The largest absolute Gasteiger partial charge is 0.385 e. The van der Waals surface area contributed by atoms with Gasteiger partial charge in [0.25, 0.3) is 0 Å². The van der Waals surface area contributed by atoms with Crippen LogP contribution < -0.4 is 5.32 Å². The second-order valence-corrected chi connectivity index (χ2v) is 5.27. The zero-order valence-corrected chi connectivity index (χ0v) is 11.6. The Balaban J connectivity index is 1.61. The number of nitrogens with one attached hydrogen (secondary N) is 1. The lowest BCUT2D eigenvalue weighted by atomic mass is 10.2. The number of anilines is 1. The number of hydrogen-bond acceptors (Lipinski definition) is 2. The molecule has 1 fully saturated rings. The molecule has 1 aromatic rings. The van der Waals surface area contributed by atoms with Gasteiger partial charge in [-0.1, -0.05) is 31.5 Å². The summed E-state index contributed by atoms with van der Waals surface area (Å²) >= 11 is 0. The molecule has 0 heterocycles. The Labute approximate surface area is 111 Å². The van der Waals surface area contributed by atoms with E-state index in [1.165, 1.54) is 50.9 Å². The maximum atomic E-state index is 3.49. The Kier molecular flexibility index (Phi) is 5.53. The van der Waals surface area contributed by atoms with Crippen LogP contribution in [0.5, 0.6) is 0 Å². The third-order valence-electron chi connectivity index (χ3n) is 3.59. The van der Waals surface area contributed by atoms with Crippen LogP contribution in [0.4, 0.5) is 5.69 Å². The van der Waals surface area contributed by atoms with Crippen LogP contribution in [-0.2, 0) is 0 Å². The maximum Gasteiger partial charge on any atom is 0.0340 e. The summed E-state index contributed by atoms with van der Waals surface area (Å²) in [6.07, 6.45) is 6.76. The Bertz CT molecular complexity index is 319. The molecule has 0 aromatic heterocycles. The maximum absolute atomic E-state index is 3.49. The van der Waals surface area contributed by atoms with Gasteiger partial charge in [-0.05, 0) is 44.4 Å². The highest BCUT2D eigenvalue weighted by Crippen LogP contribution is 2.27. The lowest BCUT2D eigenvalue weighted by Crippen LogP contribution is -2.29. The predicted octanol–water partition coefficient (Wildman–Crippen LogP) is 3.75. The van der Waals surface area contributed by atoms with Gasteiger partial charge >= 0.3 is 0 Å². The van der Waals surface area contributed by atoms with E-state index in [0.717, 1.165) is 12.6 Å². The highest BCUT2D eigenvalue weighted by Gasteiger charge is 2.27. The highest BCUT2D eigenvalue weighted by molar-refractivity contribution is 5.42. The van der Waals surface area contributed by atoms with E-state index in [9.17, 15) is 0 Å². The van der Waals surface area contributed by atoms with E-state index in [0.29, 0.717) is 0 Å². The van der Waals surface area contributed by atoms with E-state index < -0.39 is 0 Å². The SMILES string of the molecule is CCCCN(CCCNc1ccccc1)C1CC1. The fraction of sp³-hybridized carbons (Fsp3) is 0.625. The van der Waals surface area contributed by atoms with Crippen LogP contribution >= 0.6 is 0 Å². The molecule has 0 atom stereocenters. The molecule has 1 aliphatic rings. The van der Waals surface area contributed by atoms with Gasteiger partial charge in [-0.15, -0.1) is 0 Å². The minimum absolute atomic E-state index is 0.910. The molecule has 0 unspecified atom stereocenters. The van der Waals surface area contributed by atoms with Crippen LogP contribution in [0.25, 0.3) is 0 Å². The molecular formula is C16H26N2. The summed E-state index contributed by atoms with van der Waals surface area (Å²) in [5.41, 5.74) is 1.24. The minimum atomic E-state index is 0.910. The van der Waals surface area contributed by atoms with E-state index in [1.807, 2.05) is 0 Å². The van der Waals surface area contributed by atoms with E-state index >= 15 is 0 Å². The van der Waals surface area contributed by atoms with Gasteiger partial charge in [-0.2, -0.15) is 0 Å². The first kappa shape index (κ1) is 13.4. The van der Waals surface area contributed by atoms with Crippen molar-refractivity contribution in [3.8, 4) is 0 Å². The summed E-state index contributed by atoms with van der Waals surface area (Å²) < 4.78 is 0. The Hall–Kier alpha value is -1.02. The molecule has 1 aliphatic carbocycles. The molecule has 0 bridgehead atoms. The van der Waals surface area contributed by atoms with Crippen molar-refractivity contribution < 1.29 is 0 Å². The molecule has 1 N–H and O–H groups in total. The van der Waals surface area contributed by atoms with Crippen molar-refractivity contribution in [2.24, 2.45) is 0 Å². The highest BCUT2D eigenvalue weighted by atomic mass is 15.2. The van der Waals surface area contributed by atoms with Crippen molar-refractivity contribution in [1.29, 1.82) is 0 Å². The standard InChI is InChI=1S/C16H26N2/c1-2-3-13-18(16-10-11-16)14-7-12-17-15-8-5-4-6-9-15/h4-6,8-9,16-17H,2-3,7,10-14H2,1H3. The number of rotatable bonds is 9. The Morgan fingerprint density at radius 2 is 1.83 bits per heavy atom. The molecule has 100 valence electrons. The van der Waals surface area contributed by atoms with Gasteiger partial charge in [0.15, 0.2) is 0 Å². The van der Waals surface area contributed by atoms with E-state index in [4.69, 9.17) is 0 Å². The fourth-order valence-corrected chi connectivity index (χ4v) is 2.35. The summed E-state index contributed by atoms with van der Waals surface area (Å²) in [5.74, 6) is 0. The molecule has 2 heteroatoms. The summed E-state index contributed by atoms with van der Waals surface area (Å²) in [6, 6.07) is 11.4. The lowest BCUT2D eigenvalue weighted by molar-refractivity contribution is 0.258. The average Bonchev–Trinajstić information content (AvgIpc) is 3.23. The number of hydrogen-bond donors (Lipinski definition) is 1. The van der Waals surface area contributed by atoms with E-state index in [2.05, 4.69) is 47.5 Å². The monoisotopic (exact) mass is 246 g/mol. The second kappa shape index (κ2) is 7.42. The van der Waals surface area contributed by atoms with Crippen molar-refractivity contribution >= 4 is 5.69 Å². The Morgan fingerprint density at radius 1 is 1.11 bits per heavy atom. The van der Waals surface area contributed by atoms with Crippen LogP contribution in [0.15, 0.2) is 30.3 Å². The predicted molar refractivity (Wildman–Crippen MR) is 79.1 cm³/mol. The van der Waals surface area contributed by atoms with Gasteiger partial charge in [0.05, 0.1) is 0 Å². The fourth-order valence-electron chi connectivity index (χ4n) is 2.35. The topological polar surface area (TPSA) is 15.3 Å². The van der Waals surface area contributed by atoms with Crippen molar-refractivity contribution in [3.05, 3.63) is 30.3 Å². The lowest BCUT2D eigenvalue weighted by Gasteiger charge is -2.21. The van der Waals surface area contributed by atoms with Crippen LogP contribution in [0.2, 0.25) is 0 Å². The molecule has 18 heavy (non-hydrogen) atoms. The normalized spacial score (nSPS) is 15.0. The zero-order chi connectivity index (χ0) is 12.6. The number of nitrogens with zero attached hydrogens (tertiary/aromatic N) is 1. The van der Waals surface area contributed by atoms with Gasteiger partial charge < -0.3 is 10.2 Å². The molecule has 0 spiro atoms. The van der Waals surface area contributed by atoms with Crippen molar-refractivity contribution in [2.45, 2.75) is 45.1 Å². The summed E-state index contributed by atoms with van der Waals surface area (Å²) in [4.78, 5) is 2.69. The van der Waals surface area contributed by atoms with Crippen LogP contribution in [0.1, 0.15) is 39.0 Å². The molecule has 0 amide bonds. The van der Waals surface area contributed by atoms with Gasteiger partial charge in [-0.3, -0.25) is 0 Å². The first-order valence-corrected chi connectivity index (χ1v) is 7.43. The van der Waals surface area contributed by atoms with Crippen molar-refractivity contribution in [2.75, 3.05) is 25.0 Å². The van der Waals surface area contributed by atoms with Gasteiger partial charge in [0, 0.05) is 24.8 Å². The van der Waals surface area contributed by atoms with Gasteiger partial charge in [0.2, 0.25) is 0 Å². The molecule has 0 aliphatic heterocycles. The van der Waals surface area contributed by atoms with Gasteiger partial charge in [-0.25, -0.2) is 0 Å². The molecule has 2 rings (SSSR count). The van der Waals surface area contributed by atoms with E-state index in [-0.39, 0.29) is 0 Å². The minimum Gasteiger partial charge on any atom is -0.385 e. The molecular weight excluding hydrogens is 220 g/mol. The quantitative estimate of drug-likeness (QED) is 0.668. The summed E-state index contributed by atoms with van der Waals surface area (Å²) in [7, 11) is 0. The van der Waals surface area contributed by atoms with Crippen molar-refractivity contribution in [3.63, 3.8) is 0 Å². The number of para-hydroxylation sites is 1. The average molecular weight is 246 g/mol. The molecule has 0 saturated heterocycles. The second-order valence-electron chi connectivity index (χ2n) is 5.27. The van der Waals surface area contributed by atoms with E-state index in [1.54, 1.807) is 0 Å².